The molecule has 138 valence electrons. The van der Waals surface area contributed by atoms with Crippen molar-refractivity contribution in [3.8, 4) is 0 Å². The second-order valence-corrected chi connectivity index (χ2v) is 7.32. The van der Waals surface area contributed by atoms with Gasteiger partial charge in [0.25, 0.3) is 5.91 Å². The summed E-state index contributed by atoms with van der Waals surface area (Å²) in [7, 11) is 1.96. The third-order valence-electron chi connectivity index (χ3n) is 5.33. The van der Waals surface area contributed by atoms with E-state index in [2.05, 4.69) is 0 Å². The Morgan fingerprint density at radius 2 is 1.81 bits per heavy atom. The number of piperazine rings is 1. The molecule has 0 N–H and O–H groups in total. The maximum Gasteiger partial charge on any atom is 0.254 e. The van der Waals surface area contributed by atoms with Crippen LogP contribution in [0.4, 0.5) is 5.69 Å². The molecule has 1 atom stereocenters. The Labute approximate surface area is 158 Å². The molecule has 0 radical (unpaired) electrons. The van der Waals surface area contributed by atoms with Crippen LogP contribution in [0.2, 0.25) is 0 Å². The van der Waals surface area contributed by atoms with E-state index in [9.17, 15) is 9.59 Å². The number of aryl methyl sites for hydroxylation is 2. The van der Waals surface area contributed by atoms with Crippen molar-refractivity contribution in [2.75, 3.05) is 18.0 Å². The number of anilines is 1. The molecule has 27 heavy (non-hydrogen) atoms. The van der Waals surface area contributed by atoms with Crippen molar-refractivity contribution >= 4 is 28.4 Å². The third-order valence-corrected chi connectivity index (χ3v) is 5.33. The first-order valence-electron chi connectivity index (χ1n) is 9.17. The average Bonchev–Trinajstić information content (AvgIpc) is 3.04. The Kier molecular flexibility index (Phi) is 4.22. The number of rotatable bonds is 2. The highest BCUT2D eigenvalue weighted by molar-refractivity contribution is 6.03. The van der Waals surface area contributed by atoms with E-state index < -0.39 is 0 Å². The molecule has 5 heteroatoms. The molecule has 0 spiro atoms. The fourth-order valence-electron chi connectivity index (χ4n) is 3.66. The molecule has 4 rings (SSSR count). The van der Waals surface area contributed by atoms with Crippen molar-refractivity contribution in [1.29, 1.82) is 0 Å². The number of fused-ring (bicyclic) bond motifs is 1. The molecule has 0 aliphatic carbocycles. The number of hydrogen-bond donors (Lipinski definition) is 0. The first kappa shape index (κ1) is 17.3. The van der Waals surface area contributed by atoms with Gasteiger partial charge in [0.05, 0.1) is 0 Å². The SMILES string of the molecule is Cc1ccc(N2C[C@@H](C)N(C(=O)c3ccc4ccn(C)c4c3)CC2=O)cc1. The Balaban J connectivity index is 1.57. The monoisotopic (exact) mass is 361 g/mol. The van der Waals surface area contributed by atoms with Gasteiger partial charge in [-0.2, -0.15) is 0 Å². The van der Waals surface area contributed by atoms with E-state index in [0.717, 1.165) is 22.2 Å². The smallest absolute Gasteiger partial charge is 0.254 e. The Bertz CT molecular complexity index is 1020. The van der Waals surface area contributed by atoms with Gasteiger partial charge in [-0.15, -0.1) is 0 Å². The van der Waals surface area contributed by atoms with Gasteiger partial charge in [0.2, 0.25) is 5.91 Å². The normalized spacial score (nSPS) is 17.6. The van der Waals surface area contributed by atoms with E-state index in [4.69, 9.17) is 0 Å². The van der Waals surface area contributed by atoms with Crippen molar-refractivity contribution in [3.63, 3.8) is 0 Å². The van der Waals surface area contributed by atoms with Crippen LogP contribution in [0.15, 0.2) is 54.7 Å². The lowest BCUT2D eigenvalue weighted by atomic mass is 10.1. The molecule has 0 saturated carbocycles. The van der Waals surface area contributed by atoms with Gasteiger partial charge in [0, 0.05) is 42.6 Å². The third kappa shape index (κ3) is 3.10. The van der Waals surface area contributed by atoms with Crippen molar-refractivity contribution in [3.05, 3.63) is 65.9 Å². The number of amides is 2. The molecular formula is C22H23N3O2. The molecular weight excluding hydrogens is 338 g/mol. The average molecular weight is 361 g/mol. The minimum atomic E-state index is -0.0949. The molecule has 3 aromatic rings. The summed E-state index contributed by atoms with van der Waals surface area (Å²) in [6.45, 7) is 4.61. The summed E-state index contributed by atoms with van der Waals surface area (Å²) in [5.41, 5.74) is 3.67. The van der Waals surface area contributed by atoms with Gasteiger partial charge in [-0.3, -0.25) is 9.59 Å². The van der Waals surface area contributed by atoms with Gasteiger partial charge in [-0.25, -0.2) is 0 Å². The van der Waals surface area contributed by atoms with Gasteiger partial charge in [0.15, 0.2) is 0 Å². The van der Waals surface area contributed by atoms with Crippen molar-refractivity contribution in [2.45, 2.75) is 19.9 Å². The lowest BCUT2D eigenvalue weighted by Gasteiger charge is -2.39. The summed E-state index contributed by atoms with van der Waals surface area (Å²) in [6.07, 6.45) is 1.98. The first-order chi connectivity index (χ1) is 12.9. The van der Waals surface area contributed by atoms with Crippen molar-refractivity contribution in [1.82, 2.24) is 9.47 Å². The summed E-state index contributed by atoms with van der Waals surface area (Å²) in [4.78, 5) is 29.2. The van der Waals surface area contributed by atoms with Gasteiger partial charge in [-0.1, -0.05) is 23.8 Å². The maximum atomic E-state index is 13.1. The van der Waals surface area contributed by atoms with E-state index >= 15 is 0 Å². The molecule has 2 amide bonds. The van der Waals surface area contributed by atoms with Crippen LogP contribution in [0, 0.1) is 6.92 Å². The van der Waals surface area contributed by atoms with E-state index in [1.54, 1.807) is 9.80 Å². The molecule has 0 bridgehead atoms. The molecule has 2 aromatic carbocycles. The number of aromatic nitrogens is 1. The summed E-state index contributed by atoms with van der Waals surface area (Å²) >= 11 is 0. The summed E-state index contributed by atoms with van der Waals surface area (Å²) in [5.74, 6) is -0.146. The number of carbonyl (C=O) groups excluding carboxylic acids is 2. The van der Waals surface area contributed by atoms with E-state index in [1.807, 2.05) is 80.2 Å². The van der Waals surface area contributed by atoms with Gasteiger partial charge in [-0.05, 0) is 49.6 Å². The molecule has 1 fully saturated rings. The van der Waals surface area contributed by atoms with Gasteiger partial charge >= 0.3 is 0 Å². The molecule has 1 aliphatic heterocycles. The van der Waals surface area contributed by atoms with Crippen molar-refractivity contribution < 1.29 is 9.59 Å². The summed E-state index contributed by atoms with van der Waals surface area (Å²) < 4.78 is 2.00. The van der Waals surface area contributed by atoms with E-state index in [-0.39, 0.29) is 24.4 Å². The van der Waals surface area contributed by atoms with Crippen LogP contribution in [0.3, 0.4) is 0 Å². The summed E-state index contributed by atoms with van der Waals surface area (Å²) in [5, 5.41) is 1.10. The van der Waals surface area contributed by atoms with Gasteiger partial charge in [0.1, 0.15) is 6.54 Å². The van der Waals surface area contributed by atoms with Crippen LogP contribution < -0.4 is 4.90 Å². The lowest BCUT2D eigenvalue weighted by Crippen LogP contribution is -2.57. The predicted octanol–water partition coefficient (Wildman–Crippen LogP) is 3.36. The fraction of sp³-hybridized carbons (Fsp3) is 0.273. The molecule has 1 saturated heterocycles. The first-order valence-corrected chi connectivity index (χ1v) is 9.17. The molecule has 2 heterocycles. The van der Waals surface area contributed by atoms with Crippen LogP contribution in [-0.4, -0.2) is 40.4 Å². The Hall–Kier alpha value is -3.08. The zero-order valence-corrected chi connectivity index (χ0v) is 15.8. The van der Waals surface area contributed by atoms with E-state index in [1.165, 1.54) is 0 Å². The van der Waals surface area contributed by atoms with Crippen LogP contribution in [-0.2, 0) is 11.8 Å². The number of benzene rings is 2. The molecule has 5 nitrogen and oxygen atoms in total. The highest BCUT2D eigenvalue weighted by Crippen LogP contribution is 2.23. The predicted molar refractivity (Wildman–Crippen MR) is 107 cm³/mol. The quantitative estimate of drug-likeness (QED) is 0.703. The Morgan fingerprint density at radius 3 is 2.56 bits per heavy atom. The second kappa shape index (κ2) is 6.58. The largest absolute Gasteiger partial charge is 0.351 e. The Morgan fingerprint density at radius 1 is 1.07 bits per heavy atom. The highest BCUT2D eigenvalue weighted by Gasteiger charge is 2.33. The molecule has 1 aliphatic rings. The summed E-state index contributed by atoms with van der Waals surface area (Å²) in [6, 6.07) is 15.6. The topological polar surface area (TPSA) is 45.5 Å². The number of carbonyl (C=O) groups is 2. The fourth-order valence-corrected chi connectivity index (χ4v) is 3.66. The lowest BCUT2D eigenvalue weighted by molar-refractivity contribution is -0.121. The van der Waals surface area contributed by atoms with Crippen molar-refractivity contribution in [2.24, 2.45) is 7.05 Å². The van der Waals surface area contributed by atoms with Gasteiger partial charge < -0.3 is 14.4 Å². The van der Waals surface area contributed by atoms with E-state index in [0.29, 0.717) is 12.1 Å². The maximum absolute atomic E-state index is 13.1. The second-order valence-electron chi connectivity index (χ2n) is 7.32. The standard InChI is InChI=1S/C22H23N3O2/c1-15-4-8-19(9-5-15)25-13-16(2)24(14-21(25)26)22(27)18-7-6-17-10-11-23(3)20(17)12-18/h4-12,16H,13-14H2,1-3H3/t16-/m1/s1. The minimum Gasteiger partial charge on any atom is -0.351 e. The zero-order valence-electron chi connectivity index (χ0n) is 15.8. The molecule has 1 aromatic heterocycles. The number of nitrogens with zero attached hydrogens (tertiary/aromatic N) is 3. The number of hydrogen-bond acceptors (Lipinski definition) is 2. The molecule has 0 unspecified atom stereocenters. The minimum absolute atomic E-state index is 0.0507. The van der Waals surface area contributed by atoms with Crippen LogP contribution in [0.25, 0.3) is 10.9 Å². The van der Waals surface area contributed by atoms with Crippen LogP contribution in [0.1, 0.15) is 22.8 Å². The van der Waals surface area contributed by atoms with Crippen LogP contribution >= 0.6 is 0 Å². The zero-order chi connectivity index (χ0) is 19.1. The van der Waals surface area contributed by atoms with Crippen LogP contribution in [0.5, 0.6) is 0 Å². The highest BCUT2D eigenvalue weighted by atomic mass is 16.2.